The fourth-order valence-corrected chi connectivity index (χ4v) is 3.24. The monoisotopic (exact) mass is 279 g/mol. The van der Waals surface area contributed by atoms with Crippen LogP contribution in [0.4, 0.5) is 0 Å². The molecule has 1 heterocycles. The average Bonchev–Trinajstić information content (AvgIpc) is 2.86. The van der Waals surface area contributed by atoms with E-state index >= 15 is 0 Å². The number of hydrogen-bond donors (Lipinski definition) is 1. The molecule has 2 unspecified atom stereocenters. The lowest BCUT2D eigenvalue weighted by Crippen LogP contribution is -2.39. The molecule has 1 fully saturated rings. The molecule has 0 aromatic carbocycles. The molecule has 0 aromatic heterocycles. The summed E-state index contributed by atoms with van der Waals surface area (Å²) in [6, 6.07) is 0. The molecule has 20 heavy (non-hydrogen) atoms. The molecule has 1 aliphatic carbocycles. The maximum Gasteiger partial charge on any atom is 0.306 e. The zero-order valence-corrected chi connectivity index (χ0v) is 12.7. The number of aliphatic carboxylic acids is 1. The molecular formula is C16H25NO3. The van der Waals surface area contributed by atoms with E-state index in [4.69, 9.17) is 5.11 Å². The van der Waals surface area contributed by atoms with Gasteiger partial charge in [0.25, 0.3) is 0 Å². The fourth-order valence-electron chi connectivity index (χ4n) is 3.24. The Morgan fingerprint density at radius 3 is 2.35 bits per heavy atom. The van der Waals surface area contributed by atoms with Crippen LogP contribution in [-0.4, -0.2) is 35.0 Å². The third kappa shape index (κ3) is 3.22. The van der Waals surface area contributed by atoms with Gasteiger partial charge in [-0.1, -0.05) is 32.4 Å². The quantitative estimate of drug-likeness (QED) is 0.791. The van der Waals surface area contributed by atoms with Crippen molar-refractivity contribution in [3.05, 3.63) is 11.6 Å². The first-order valence-corrected chi connectivity index (χ1v) is 7.50. The Balaban J connectivity index is 1.93. The lowest BCUT2D eigenvalue weighted by molar-refractivity contribution is -0.141. The molecule has 2 rings (SSSR count). The van der Waals surface area contributed by atoms with Gasteiger partial charge in [0, 0.05) is 19.0 Å². The van der Waals surface area contributed by atoms with Crippen molar-refractivity contribution in [2.45, 2.75) is 46.5 Å². The summed E-state index contributed by atoms with van der Waals surface area (Å²) in [5.41, 5.74) is 1.59. The van der Waals surface area contributed by atoms with Gasteiger partial charge in [-0.15, -0.1) is 0 Å². The summed E-state index contributed by atoms with van der Waals surface area (Å²) >= 11 is 0. The van der Waals surface area contributed by atoms with Crippen LogP contribution in [0.3, 0.4) is 0 Å². The summed E-state index contributed by atoms with van der Waals surface area (Å²) in [6.45, 7) is 8.05. The highest BCUT2D eigenvalue weighted by Crippen LogP contribution is 2.34. The summed E-state index contributed by atoms with van der Waals surface area (Å²) in [4.78, 5) is 25.3. The van der Waals surface area contributed by atoms with Crippen LogP contribution < -0.4 is 0 Å². The normalized spacial score (nSPS) is 27.4. The number of carbonyl (C=O) groups is 2. The lowest BCUT2D eigenvalue weighted by Gasteiger charge is -2.33. The Morgan fingerprint density at radius 1 is 1.25 bits per heavy atom. The smallest absolute Gasteiger partial charge is 0.306 e. The van der Waals surface area contributed by atoms with Gasteiger partial charge < -0.3 is 10.0 Å². The number of carboxylic acid groups (broad SMARTS) is 1. The van der Waals surface area contributed by atoms with E-state index in [0.717, 1.165) is 19.4 Å². The van der Waals surface area contributed by atoms with E-state index in [9.17, 15) is 9.59 Å². The maximum absolute atomic E-state index is 12.4. The summed E-state index contributed by atoms with van der Waals surface area (Å²) < 4.78 is 0. The van der Waals surface area contributed by atoms with Gasteiger partial charge in [0.05, 0.1) is 5.92 Å². The number of amides is 1. The van der Waals surface area contributed by atoms with Crippen molar-refractivity contribution in [1.82, 2.24) is 4.90 Å². The highest BCUT2D eigenvalue weighted by Gasteiger charge is 2.36. The van der Waals surface area contributed by atoms with E-state index in [2.05, 4.69) is 26.8 Å². The van der Waals surface area contributed by atoms with Gasteiger partial charge in [0.2, 0.25) is 5.91 Å². The molecule has 1 aliphatic heterocycles. The molecule has 0 spiro atoms. The van der Waals surface area contributed by atoms with Crippen LogP contribution in [0.25, 0.3) is 0 Å². The molecule has 4 nitrogen and oxygen atoms in total. The minimum Gasteiger partial charge on any atom is -0.481 e. The van der Waals surface area contributed by atoms with E-state index in [1.54, 1.807) is 0 Å². The molecule has 0 radical (unpaired) electrons. The van der Waals surface area contributed by atoms with Crippen LogP contribution in [-0.2, 0) is 9.59 Å². The Hall–Kier alpha value is -1.32. The molecule has 0 bridgehead atoms. The summed E-state index contributed by atoms with van der Waals surface area (Å²) in [7, 11) is 0. The first-order chi connectivity index (χ1) is 9.29. The first-order valence-electron chi connectivity index (χ1n) is 7.50. The largest absolute Gasteiger partial charge is 0.481 e. The predicted octanol–water partition coefficient (Wildman–Crippen LogP) is 2.69. The molecular weight excluding hydrogens is 254 g/mol. The zero-order chi connectivity index (χ0) is 14.9. The molecule has 1 N–H and O–H groups in total. The van der Waals surface area contributed by atoms with E-state index < -0.39 is 5.97 Å². The minimum absolute atomic E-state index is 0.0827. The number of carboxylic acids is 1. The van der Waals surface area contributed by atoms with Gasteiger partial charge in [0.1, 0.15) is 0 Å². The van der Waals surface area contributed by atoms with E-state index in [-0.39, 0.29) is 23.2 Å². The van der Waals surface area contributed by atoms with Crippen molar-refractivity contribution in [2.75, 3.05) is 13.1 Å². The molecule has 2 atom stereocenters. The molecule has 2 aliphatic rings. The van der Waals surface area contributed by atoms with E-state index in [1.165, 1.54) is 5.57 Å². The van der Waals surface area contributed by atoms with Gasteiger partial charge >= 0.3 is 5.97 Å². The average molecular weight is 279 g/mol. The lowest BCUT2D eigenvalue weighted by atomic mass is 9.83. The standard InChI is InChI=1S/C16H25NO3/c1-16(2,3)13-6-8-17(9-7-13)14(18)11-4-5-12(10-11)15(19)20/h6,11-12H,4-5,7-10H2,1-3H3,(H,19,20). The van der Waals surface area contributed by atoms with Gasteiger partial charge in [0.15, 0.2) is 0 Å². The Morgan fingerprint density at radius 2 is 1.90 bits per heavy atom. The van der Waals surface area contributed by atoms with Gasteiger partial charge in [-0.25, -0.2) is 0 Å². The fraction of sp³-hybridized carbons (Fsp3) is 0.750. The van der Waals surface area contributed by atoms with Crippen LogP contribution in [0.5, 0.6) is 0 Å². The Kier molecular flexibility index (Phi) is 4.21. The number of nitrogens with zero attached hydrogens (tertiary/aromatic N) is 1. The predicted molar refractivity (Wildman–Crippen MR) is 77.2 cm³/mol. The van der Waals surface area contributed by atoms with Crippen LogP contribution >= 0.6 is 0 Å². The molecule has 112 valence electrons. The third-order valence-corrected chi connectivity index (χ3v) is 4.62. The maximum atomic E-state index is 12.4. The van der Waals surface area contributed by atoms with Crippen molar-refractivity contribution in [2.24, 2.45) is 17.3 Å². The van der Waals surface area contributed by atoms with Gasteiger partial charge in [-0.2, -0.15) is 0 Å². The molecule has 1 saturated carbocycles. The van der Waals surface area contributed by atoms with Crippen LogP contribution in [0.2, 0.25) is 0 Å². The summed E-state index contributed by atoms with van der Waals surface area (Å²) in [6.07, 6.45) is 4.99. The van der Waals surface area contributed by atoms with E-state index in [0.29, 0.717) is 19.4 Å². The van der Waals surface area contributed by atoms with Crippen molar-refractivity contribution >= 4 is 11.9 Å². The van der Waals surface area contributed by atoms with Crippen molar-refractivity contribution in [1.29, 1.82) is 0 Å². The summed E-state index contributed by atoms with van der Waals surface area (Å²) in [5, 5.41) is 9.01. The second-order valence-corrected chi connectivity index (χ2v) is 7.06. The minimum atomic E-state index is -0.756. The van der Waals surface area contributed by atoms with Crippen LogP contribution in [0.1, 0.15) is 46.5 Å². The highest BCUT2D eigenvalue weighted by molar-refractivity contribution is 5.81. The number of rotatable bonds is 2. The topological polar surface area (TPSA) is 57.6 Å². The highest BCUT2D eigenvalue weighted by atomic mass is 16.4. The van der Waals surface area contributed by atoms with Gasteiger partial charge in [-0.3, -0.25) is 9.59 Å². The second kappa shape index (κ2) is 5.58. The van der Waals surface area contributed by atoms with Crippen molar-refractivity contribution < 1.29 is 14.7 Å². The van der Waals surface area contributed by atoms with Crippen molar-refractivity contribution in [3.63, 3.8) is 0 Å². The van der Waals surface area contributed by atoms with E-state index in [1.807, 2.05) is 4.90 Å². The van der Waals surface area contributed by atoms with Gasteiger partial charge in [-0.05, 0) is 31.1 Å². The van der Waals surface area contributed by atoms with Crippen LogP contribution in [0, 0.1) is 17.3 Å². The molecule has 4 heteroatoms. The first kappa shape index (κ1) is 15.1. The third-order valence-electron chi connectivity index (χ3n) is 4.62. The summed E-state index contributed by atoms with van der Waals surface area (Å²) in [5.74, 6) is -1.01. The van der Waals surface area contributed by atoms with Crippen LogP contribution in [0.15, 0.2) is 11.6 Å². The number of carbonyl (C=O) groups excluding carboxylic acids is 1. The SMILES string of the molecule is CC(C)(C)C1=CCN(C(=O)C2CCC(C(=O)O)C2)CC1. The number of hydrogen-bond acceptors (Lipinski definition) is 2. The van der Waals surface area contributed by atoms with Crippen molar-refractivity contribution in [3.8, 4) is 0 Å². The molecule has 1 amide bonds. The Bertz CT molecular complexity index is 433. The molecule has 0 saturated heterocycles. The zero-order valence-electron chi connectivity index (χ0n) is 12.7. The second-order valence-electron chi connectivity index (χ2n) is 7.06. The Labute approximate surface area is 120 Å². The molecule has 0 aromatic rings.